The number of hydrogen-bond acceptors (Lipinski definition) is 3. The van der Waals surface area contributed by atoms with Crippen molar-refractivity contribution >= 4 is 17.6 Å². The van der Waals surface area contributed by atoms with E-state index >= 15 is 0 Å². The normalized spacial score (nSPS) is 10.0. The molecule has 0 aliphatic rings. The minimum Gasteiger partial charge on any atom is -0.481 e. The van der Waals surface area contributed by atoms with Crippen LogP contribution in [-0.2, 0) is 9.59 Å². The Morgan fingerprint density at radius 3 is 2.53 bits per heavy atom. The van der Waals surface area contributed by atoms with E-state index < -0.39 is 5.97 Å². The summed E-state index contributed by atoms with van der Waals surface area (Å²) < 4.78 is 0. The van der Waals surface area contributed by atoms with Gasteiger partial charge in [0.2, 0.25) is 5.91 Å². The average Bonchev–Trinajstić information content (AvgIpc) is 2.38. The third kappa shape index (κ3) is 3.81. The fraction of sp³-hybridized carbons (Fsp3) is 0.357. The molecule has 0 fully saturated rings. The molecule has 0 saturated carbocycles. The SMILES string of the molecule is CC(C)C(=O)N(CCC(=O)O)c1ccccc1C#N. The summed E-state index contributed by atoms with van der Waals surface area (Å²) in [5.41, 5.74) is 0.826. The van der Waals surface area contributed by atoms with E-state index in [0.29, 0.717) is 11.3 Å². The minimum atomic E-state index is -0.976. The molecule has 1 aromatic rings. The van der Waals surface area contributed by atoms with Crippen LogP contribution in [0.1, 0.15) is 25.8 Å². The Morgan fingerprint density at radius 1 is 1.37 bits per heavy atom. The van der Waals surface area contributed by atoms with Crippen LogP contribution in [0.15, 0.2) is 24.3 Å². The van der Waals surface area contributed by atoms with Gasteiger partial charge in [-0.3, -0.25) is 9.59 Å². The lowest BCUT2D eigenvalue weighted by molar-refractivity contribution is -0.136. The maximum absolute atomic E-state index is 12.1. The molecule has 5 nitrogen and oxygen atoms in total. The van der Waals surface area contributed by atoms with Crippen LogP contribution in [-0.4, -0.2) is 23.5 Å². The summed E-state index contributed by atoms with van der Waals surface area (Å²) in [7, 11) is 0. The number of hydrogen-bond donors (Lipinski definition) is 1. The number of nitrogens with zero attached hydrogens (tertiary/aromatic N) is 2. The van der Waals surface area contributed by atoms with Gasteiger partial charge < -0.3 is 10.0 Å². The lowest BCUT2D eigenvalue weighted by atomic mass is 10.1. The lowest BCUT2D eigenvalue weighted by Crippen LogP contribution is -2.36. The zero-order valence-electron chi connectivity index (χ0n) is 11.0. The van der Waals surface area contributed by atoms with Gasteiger partial charge in [-0.25, -0.2) is 0 Å². The van der Waals surface area contributed by atoms with Crippen LogP contribution in [0.5, 0.6) is 0 Å². The van der Waals surface area contributed by atoms with E-state index in [-0.39, 0.29) is 24.8 Å². The molecule has 100 valence electrons. The molecule has 1 rings (SSSR count). The van der Waals surface area contributed by atoms with E-state index in [1.807, 2.05) is 6.07 Å². The van der Waals surface area contributed by atoms with Crippen LogP contribution < -0.4 is 4.90 Å². The number of nitriles is 1. The molecule has 0 spiro atoms. The summed E-state index contributed by atoms with van der Waals surface area (Å²) in [6.45, 7) is 3.54. The standard InChI is InChI=1S/C14H16N2O3/c1-10(2)14(19)16(8-7-13(17)18)12-6-4-3-5-11(12)9-15/h3-6,10H,7-8H2,1-2H3,(H,17,18). The van der Waals surface area contributed by atoms with Gasteiger partial charge in [0.1, 0.15) is 6.07 Å². The number of benzene rings is 1. The second kappa shape index (κ2) is 6.55. The molecule has 5 heteroatoms. The molecule has 0 aromatic heterocycles. The Labute approximate surface area is 112 Å². The zero-order valence-corrected chi connectivity index (χ0v) is 11.0. The maximum Gasteiger partial charge on any atom is 0.305 e. The summed E-state index contributed by atoms with van der Waals surface area (Å²) in [5.74, 6) is -1.43. The van der Waals surface area contributed by atoms with Crippen LogP contribution >= 0.6 is 0 Å². The van der Waals surface area contributed by atoms with Crippen LogP contribution in [0.3, 0.4) is 0 Å². The van der Waals surface area contributed by atoms with E-state index in [4.69, 9.17) is 10.4 Å². The van der Waals surface area contributed by atoms with Gasteiger partial charge in [-0.05, 0) is 12.1 Å². The first kappa shape index (κ1) is 14.7. The first-order chi connectivity index (χ1) is 8.97. The molecule has 0 aliphatic carbocycles. The molecule has 1 N–H and O–H groups in total. The maximum atomic E-state index is 12.1. The molecule has 0 saturated heterocycles. The predicted octanol–water partition coefficient (Wildman–Crippen LogP) is 2.02. The Balaban J connectivity index is 3.12. The number of aliphatic carboxylic acids is 1. The van der Waals surface area contributed by atoms with Crippen molar-refractivity contribution in [1.82, 2.24) is 0 Å². The lowest BCUT2D eigenvalue weighted by Gasteiger charge is -2.24. The molecule has 1 aromatic carbocycles. The summed E-state index contributed by atoms with van der Waals surface area (Å²) in [6.07, 6.45) is -0.155. The van der Waals surface area contributed by atoms with Gasteiger partial charge in [0.05, 0.1) is 17.7 Å². The van der Waals surface area contributed by atoms with Gasteiger partial charge in [-0.2, -0.15) is 5.26 Å². The van der Waals surface area contributed by atoms with Gasteiger partial charge in [0.15, 0.2) is 0 Å². The van der Waals surface area contributed by atoms with E-state index in [1.165, 1.54) is 4.90 Å². The number of carbonyl (C=O) groups is 2. The highest BCUT2D eigenvalue weighted by molar-refractivity contribution is 5.96. The quantitative estimate of drug-likeness (QED) is 0.878. The highest BCUT2D eigenvalue weighted by Gasteiger charge is 2.21. The van der Waals surface area contributed by atoms with Gasteiger partial charge in [-0.1, -0.05) is 26.0 Å². The largest absolute Gasteiger partial charge is 0.481 e. The van der Waals surface area contributed by atoms with Crippen molar-refractivity contribution in [2.45, 2.75) is 20.3 Å². The van der Waals surface area contributed by atoms with Crippen LogP contribution in [0, 0.1) is 17.2 Å². The van der Waals surface area contributed by atoms with Gasteiger partial charge in [0, 0.05) is 12.5 Å². The summed E-state index contributed by atoms with van der Waals surface area (Å²) in [5, 5.41) is 17.8. The molecule has 0 radical (unpaired) electrons. The second-order valence-electron chi connectivity index (χ2n) is 4.42. The summed E-state index contributed by atoms with van der Waals surface area (Å²) >= 11 is 0. The number of carboxylic acid groups (broad SMARTS) is 1. The molecule has 0 aliphatic heterocycles. The third-order valence-corrected chi connectivity index (χ3v) is 2.62. The summed E-state index contributed by atoms with van der Waals surface area (Å²) in [4.78, 5) is 24.2. The number of amides is 1. The van der Waals surface area contributed by atoms with Crippen molar-refractivity contribution in [3.05, 3.63) is 29.8 Å². The molecular weight excluding hydrogens is 244 g/mol. The van der Waals surface area contributed by atoms with Gasteiger partial charge >= 0.3 is 5.97 Å². The average molecular weight is 260 g/mol. The fourth-order valence-corrected chi connectivity index (χ4v) is 1.67. The molecule has 19 heavy (non-hydrogen) atoms. The number of anilines is 1. The Kier molecular flexibility index (Phi) is 5.07. The molecule has 0 heterocycles. The first-order valence-electron chi connectivity index (χ1n) is 5.99. The third-order valence-electron chi connectivity index (χ3n) is 2.62. The zero-order chi connectivity index (χ0) is 14.4. The first-order valence-corrected chi connectivity index (χ1v) is 5.99. The summed E-state index contributed by atoms with van der Waals surface area (Å²) in [6, 6.07) is 8.70. The van der Waals surface area contributed by atoms with Crippen LogP contribution in [0.2, 0.25) is 0 Å². The molecule has 1 amide bonds. The predicted molar refractivity (Wildman–Crippen MR) is 70.6 cm³/mol. The van der Waals surface area contributed by atoms with Crippen molar-refractivity contribution in [1.29, 1.82) is 5.26 Å². The van der Waals surface area contributed by atoms with Crippen molar-refractivity contribution in [3.8, 4) is 6.07 Å². The van der Waals surface area contributed by atoms with E-state index in [2.05, 4.69) is 0 Å². The highest BCUT2D eigenvalue weighted by atomic mass is 16.4. The van der Waals surface area contributed by atoms with E-state index in [0.717, 1.165) is 0 Å². The highest BCUT2D eigenvalue weighted by Crippen LogP contribution is 2.21. The number of carbonyl (C=O) groups excluding carboxylic acids is 1. The Morgan fingerprint density at radius 2 is 2.00 bits per heavy atom. The fourth-order valence-electron chi connectivity index (χ4n) is 1.67. The van der Waals surface area contributed by atoms with Gasteiger partial charge in [-0.15, -0.1) is 0 Å². The van der Waals surface area contributed by atoms with Crippen molar-refractivity contribution < 1.29 is 14.7 Å². The van der Waals surface area contributed by atoms with Crippen molar-refractivity contribution in [3.63, 3.8) is 0 Å². The van der Waals surface area contributed by atoms with Crippen molar-refractivity contribution in [2.75, 3.05) is 11.4 Å². The molecule has 0 unspecified atom stereocenters. The monoisotopic (exact) mass is 260 g/mol. The van der Waals surface area contributed by atoms with Crippen LogP contribution in [0.25, 0.3) is 0 Å². The molecule has 0 atom stereocenters. The molecule has 0 bridgehead atoms. The Hall–Kier alpha value is -2.35. The number of carboxylic acids is 1. The van der Waals surface area contributed by atoms with Crippen LogP contribution in [0.4, 0.5) is 5.69 Å². The number of para-hydroxylation sites is 1. The van der Waals surface area contributed by atoms with Gasteiger partial charge in [0.25, 0.3) is 0 Å². The number of rotatable bonds is 5. The van der Waals surface area contributed by atoms with E-state index in [9.17, 15) is 9.59 Å². The topological polar surface area (TPSA) is 81.4 Å². The molecular formula is C14H16N2O3. The van der Waals surface area contributed by atoms with E-state index in [1.54, 1.807) is 38.1 Å². The smallest absolute Gasteiger partial charge is 0.305 e. The van der Waals surface area contributed by atoms with Crippen molar-refractivity contribution in [2.24, 2.45) is 5.92 Å². The minimum absolute atomic E-state index is 0.0606. The Bertz CT molecular complexity index is 518. The second-order valence-corrected chi connectivity index (χ2v) is 4.42.